The van der Waals surface area contributed by atoms with Crippen molar-refractivity contribution in [2.24, 2.45) is 5.14 Å². The second-order valence-electron chi connectivity index (χ2n) is 5.42. The predicted molar refractivity (Wildman–Crippen MR) is 78.1 cm³/mol. The lowest BCUT2D eigenvalue weighted by molar-refractivity contribution is 0.0912. The van der Waals surface area contributed by atoms with E-state index in [9.17, 15) is 13.2 Å². The van der Waals surface area contributed by atoms with Crippen LogP contribution in [0.2, 0.25) is 0 Å². The first kappa shape index (κ1) is 17.3. The van der Waals surface area contributed by atoms with E-state index in [1.165, 1.54) is 26.4 Å². The molecule has 118 valence electrons. The first-order valence-electron chi connectivity index (χ1n) is 6.11. The van der Waals surface area contributed by atoms with Gasteiger partial charge in [0.2, 0.25) is 10.0 Å². The fraction of sp³-hybridized carbons (Fsp3) is 0.462. The third-order valence-electron chi connectivity index (χ3n) is 2.53. The van der Waals surface area contributed by atoms with Crippen LogP contribution in [-0.4, -0.2) is 34.1 Å². The minimum absolute atomic E-state index is 0.0125. The molecule has 0 bridgehead atoms. The van der Waals surface area contributed by atoms with Gasteiger partial charge in [-0.1, -0.05) is 0 Å². The van der Waals surface area contributed by atoms with Crippen LogP contribution in [0.25, 0.3) is 0 Å². The van der Waals surface area contributed by atoms with E-state index in [1.54, 1.807) is 20.8 Å². The Morgan fingerprint density at radius 3 is 2.14 bits per heavy atom. The molecule has 0 saturated heterocycles. The number of nitrogens with two attached hydrogens (primary N) is 1. The van der Waals surface area contributed by atoms with E-state index in [2.05, 4.69) is 5.32 Å². The fourth-order valence-corrected chi connectivity index (χ4v) is 2.46. The summed E-state index contributed by atoms with van der Waals surface area (Å²) in [7, 11) is -1.40. The molecule has 1 amide bonds. The number of amides is 1. The van der Waals surface area contributed by atoms with Crippen LogP contribution in [0.15, 0.2) is 17.0 Å². The van der Waals surface area contributed by atoms with Gasteiger partial charge < -0.3 is 14.8 Å². The first-order chi connectivity index (χ1) is 9.51. The van der Waals surface area contributed by atoms with Gasteiger partial charge in [0.25, 0.3) is 5.91 Å². The first-order valence-corrected chi connectivity index (χ1v) is 7.66. The van der Waals surface area contributed by atoms with Crippen molar-refractivity contribution in [3.63, 3.8) is 0 Å². The Morgan fingerprint density at radius 1 is 1.19 bits per heavy atom. The fourth-order valence-electron chi connectivity index (χ4n) is 1.76. The molecule has 0 heterocycles. The van der Waals surface area contributed by atoms with E-state index in [0.717, 1.165) is 0 Å². The van der Waals surface area contributed by atoms with Crippen LogP contribution in [0.4, 0.5) is 0 Å². The molecule has 0 aromatic heterocycles. The van der Waals surface area contributed by atoms with Gasteiger partial charge in [-0.05, 0) is 32.9 Å². The van der Waals surface area contributed by atoms with E-state index in [0.29, 0.717) is 0 Å². The van der Waals surface area contributed by atoms with Crippen molar-refractivity contribution >= 4 is 15.9 Å². The Hall–Kier alpha value is -1.80. The summed E-state index contributed by atoms with van der Waals surface area (Å²) < 4.78 is 33.4. The zero-order valence-corrected chi connectivity index (χ0v) is 13.5. The third kappa shape index (κ3) is 4.08. The molecule has 0 atom stereocenters. The van der Waals surface area contributed by atoms with Gasteiger partial charge in [0.15, 0.2) is 5.75 Å². The molecule has 0 saturated carbocycles. The van der Waals surface area contributed by atoms with Crippen molar-refractivity contribution < 1.29 is 22.7 Å². The van der Waals surface area contributed by atoms with E-state index in [1.807, 2.05) is 0 Å². The number of hydrogen-bond donors (Lipinski definition) is 2. The zero-order valence-electron chi connectivity index (χ0n) is 12.7. The number of carbonyl (C=O) groups is 1. The number of carbonyl (C=O) groups excluding carboxylic acids is 1. The molecule has 21 heavy (non-hydrogen) atoms. The van der Waals surface area contributed by atoms with Gasteiger partial charge in [0.1, 0.15) is 16.2 Å². The lowest BCUT2D eigenvalue weighted by Gasteiger charge is -2.22. The summed E-state index contributed by atoms with van der Waals surface area (Å²) in [6.07, 6.45) is 0. The van der Waals surface area contributed by atoms with E-state index < -0.39 is 21.5 Å². The van der Waals surface area contributed by atoms with Crippen LogP contribution in [-0.2, 0) is 10.0 Å². The van der Waals surface area contributed by atoms with Crippen LogP contribution >= 0.6 is 0 Å². The number of nitrogens with one attached hydrogen (secondary N) is 1. The second kappa shape index (κ2) is 5.90. The molecule has 0 unspecified atom stereocenters. The molecular formula is C13H20N2O5S. The van der Waals surface area contributed by atoms with Crippen LogP contribution in [0.1, 0.15) is 31.1 Å². The summed E-state index contributed by atoms with van der Waals surface area (Å²) >= 11 is 0. The van der Waals surface area contributed by atoms with Crippen LogP contribution < -0.4 is 19.9 Å². The van der Waals surface area contributed by atoms with Gasteiger partial charge in [-0.15, -0.1) is 0 Å². The van der Waals surface area contributed by atoms with Gasteiger partial charge in [0, 0.05) is 5.54 Å². The van der Waals surface area contributed by atoms with Crippen molar-refractivity contribution in [3.05, 3.63) is 17.7 Å². The Bertz CT molecular complexity index is 647. The van der Waals surface area contributed by atoms with Crippen molar-refractivity contribution in [3.8, 4) is 11.5 Å². The summed E-state index contributed by atoms with van der Waals surface area (Å²) in [5.41, 5.74) is -0.522. The minimum Gasteiger partial charge on any atom is -0.496 e. The molecule has 0 aliphatic carbocycles. The molecule has 7 nitrogen and oxygen atoms in total. The Labute approximate surface area is 124 Å². The summed E-state index contributed by atoms with van der Waals surface area (Å²) in [4.78, 5) is 12.1. The van der Waals surface area contributed by atoms with Gasteiger partial charge in [0.05, 0.1) is 14.2 Å². The lowest BCUT2D eigenvalue weighted by atomic mass is 10.1. The maximum Gasteiger partial charge on any atom is 0.259 e. The smallest absolute Gasteiger partial charge is 0.259 e. The number of methoxy groups -OCH3 is 2. The normalized spacial score (nSPS) is 11.9. The summed E-state index contributed by atoms with van der Waals surface area (Å²) in [6, 6.07) is 2.60. The topological polar surface area (TPSA) is 108 Å². The lowest BCUT2D eigenvalue weighted by Crippen LogP contribution is -2.41. The summed E-state index contributed by atoms with van der Waals surface area (Å²) in [5, 5.41) is 7.87. The molecule has 1 aromatic rings. The second-order valence-corrected chi connectivity index (χ2v) is 6.95. The highest BCUT2D eigenvalue weighted by Crippen LogP contribution is 2.34. The predicted octanol–water partition coefficient (Wildman–Crippen LogP) is 0.879. The number of primary sulfonamides is 1. The SMILES string of the molecule is COc1ccc(S(N)(=O)=O)c(OC)c1C(=O)NC(C)(C)C. The highest BCUT2D eigenvalue weighted by atomic mass is 32.2. The average Bonchev–Trinajstić information content (AvgIpc) is 2.33. The standard InChI is InChI=1S/C13H20N2O5S/c1-13(2,3)15-12(16)10-8(19-4)6-7-9(11(10)20-5)21(14,17)18/h6-7H,1-5H3,(H,15,16)(H2,14,17,18). The van der Waals surface area contributed by atoms with E-state index >= 15 is 0 Å². The molecule has 0 aliphatic heterocycles. The zero-order chi connectivity index (χ0) is 16.4. The molecule has 3 N–H and O–H groups in total. The van der Waals surface area contributed by atoms with Crippen molar-refractivity contribution in [1.82, 2.24) is 5.32 Å². The minimum atomic E-state index is -4.03. The average molecular weight is 316 g/mol. The van der Waals surface area contributed by atoms with Gasteiger partial charge in [-0.2, -0.15) is 0 Å². The molecular weight excluding hydrogens is 296 g/mol. The van der Waals surface area contributed by atoms with Crippen molar-refractivity contribution in [2.45, 2.75) is 31.2 Å². The van der Waals surface area contributed by atoms with Crippen molar-refractivity contribution in [1.29, 1.82) is 0 Å². The maximum absolute atomic E-state index is 12.4. The Balaban J connectivity index is 3.57. The van der Waals surface area contributed by atoms with Gasteiger partial charge in [-0.25, -0.2) is 13.6 Å². The molecule has 1 rings (SSSR count). The Morgan fingerprint density at radius 2 is 1.76 bits per heavy atom. The van der Waals surface area contributed by atoms with Gasteiger partial charge >= 0.3 is 0 Å². The highest BCUT2D eigenvalue weighted by molar-refractivity contribution is 7.89. The monoisotopic (exact) mass is 316 g/mol. The van der Waals surface area contributed by atoms with Gasteiger partial charge in [-0.3, -0.25) is 4.79 Å². The highest BCUT2D eigenvalue weighted by Gasteiger charge is 2.28. The molecule has 0 fully saturated rings. The third-order valence-corrected chi connectivity index (χ3v) is 3.46. The van der Waals surface area contributed by atoms with E-state index in [-0.39, 0.29) is 22.0 Å². The summed E-state index contributed by atoms with van der Waals surface area (Å²) in [6.45, 7) is 5.40. The number of hydrogen-bond acceptors (Lipinski definition) is 5. The quantitative estimate of drug-likeness (QED) is 0.857. The Kier molecular flexibility index (Phi) is 4.85. The number of rotatable bonds is 4. The number of ether oxygens (including phenoxy) is 2. The molecule has 0 spiro atoms. The van der Waals surface area contributed by atoms with Crippen molar-refractivity contribution in [2.75, 3.05) is 14.2 Å². The van der Waals surface area contributed by atoms with Crippen LogP contribution in [0.3, 0.4) is 0 Å². The largest absolute Gasteiger partial charge is 0.496 e. The number of sulfonamides is 1. The van der Waals surface area contributed by atoms with Crippen LogP contribution in [0.5, 0.6) is 11.5 Å². The summed E-state index contributed by atoms with van der Waals surface area (Å²) in [5.74, 6) is -0.457. The van der Waals surface area contributed by atoms with E-state index in [4.69, 9.17) is 14.6 Å². The molecule has 0 radical (unpaired) electrons. The molecule has 1 aromatic carbocycles. The van der Waals surface area contributed by atoms with Crippen LogP contribution in [0, 0.1) is 0 Å². The maximum atomic E-state index is 12.4. The molecule has 8 heteroatoms. The number of benzene rings is 1. The molecule has 0 aliphatic rings.